The second kappa shape index (κ2) is 10.9. The van der Waals surface area contributed by atoms with Gasteiger partial charge in [0.25, 0.3) is 11.8 Å². The highest BCUT2D eigenvalue weighted by molar-refractivity contribution is 5.98. The number of hydrogen-bond donors (Lipinski definition) is 2. The van der Waals surface area contributed by atoms with Crippen molar-refractivity contribution in [1.82, 2.24) is 15.5 Å². The lowest BCUT2D eigenvalue weighted by Gasteiger charge is -2.36. The van der Waals surface area contributed by atoms with Gasteiger partial charge in [0.15, 0.2) is 0 Å². The highest BCUT2D eigenvalue weighted by atomic mass is 19.1. The Kier molecular flexibility index (Phi) is 7.98. The van der Waals surface area contributed by atoms with Gasteiger partial charge in [-0.1, -0.05) is 25.1 Å². The summed E-state index contributed by atoms with van der Waals surface area (Å²) in [6.45, 7) is 5.32. The molecule has 1 fully saturated rings. The number of carbonyl (C=O) groups excluding carboxylic acids is 3. The zero-order valence-corrected chi connectivity index (χ0v) is 18.6. The van der Waals surface area contributed by atoms with Crippen molar-refractivity contribution in [2.45, 2.75) is 39.2 Å². The number of likely N-dealkylation sites (tertiary alicyclic amines) is 1. The fourth-order valence-corrected chi connectivity index (χ4v) is 4.01. The molecule has 1 heterocycles. The minimum Gasteiger partial charge on any atom is -0.354 e. The van der Waals surface area contributed by atoms with Crippen LogP contribution in [0.4, 0.5) is 4.39 Å². The van der Waals surface area contributed by atoms with E-state index in [2.05, 4.69) is 10.6 Å². The molecular formula is C25H30FN3O3. The summed E-state index contributed by atoms with van der Waals surface area (Å²) in [6, 6.07) is 12.1. The van der Waals surface area contributed by atoms with E-state index in [1.807, 2.05) is 26.0 Å². The lowest BCUT2D eigenvalue weighted by atomic mass is 9.88. The summed E-state index contributed by atoms with van der Waals surface area (Å²) in [6.07, 6.45) is 1.98. The van der Waals surface area contributed by atoms with E-state index in [4.69, 9.17) is 0 Å². The van der Waals surface area contributed by atoms with E-state index in [1.165, 1.54) is 24.3 Å². The van der Waals surface area contributed by atoms with Gasteiger partial charge in [-0.25, -0.2) is 4.39 Å². The standard InChI is InChI=1S/C25H30FN3O3/c1-3-14-27-24(31)22(28-23(30)21-7-5-4-6-17(21)2)18-12-15-29(16-13-18)25(32)19-8-10-20(26)11-9-19/h4-11,18,22H,3,12-16H2,1-2H3,(H,27,31)(H,28,30)/t22-/m0/s1. The van der Waals surface area contributed by atoms with Crippen LogP contribution in [0, 0.1) is 18.7 Å². The fourth-order valence-electron chi connectivity index (χ4n) is 4.01. The molecule has 7 heteroatoms. The number of nitrogens with one attached hydrogen (secondary N) is 2. The number of carbonyl (C=O) groups is 3. The maximum Gasteiger partial charge on any atom is 0.253 e. The first kappa shape index (κ1) is 23.4. The van der Waals surface area contributed by atoms with Crippen LogP contribution in [0.1, 0.15) is 52.5 Å². The van der Waals surface area contributed by atoms with Crippen molar-refractivity contribution < 1.29 is 18.8 Å². The van der Waals surface area contributed by atoms with Crippen LogP contribution in [-0.2, 0) is 4.79 Å². The highest BCUT2D eigenvalue weighted by Gasteiger charge is 2.34. The molecule has 0 aromatic heterocycles. The van der Waals surface area contributed by atoms with Gasteiger partial charge in [-0.2, -0.15) is 0 Å². The molecule has 0 radical (unpaired) electrons. The van der Waals surface area contributed by atoms with E-state index in [-0.39, 0.29) is 29.5 Å². The third kappa shape index (κ3) is 5.72. The third-order valence-corrected chi connectivity index (χ3v) is 5.90. The van der Waals surface area contributed by atoms with E-state index in [1.54, 1.807) is 17.0 Å². The van der Waals surface area contributed by atoms with Crippen molar-refractivity contribution in [3.63, 3.8) is 0 Å². The number of rotatable bonds is 7. The van der Waals surface area contributed by atoms with Crippen LogP contribution < -0.4 is 10.6 Å². The molecule has 1 atom stereocenters. The largest absolute Gasteiger partial charge is 0.354 e. The Morgan fingerprint density at radius 3 is 2.34 bits per heavy atom. The minimum absolute atomic E-state index is 0.0860. The van der Waals surface area contributed by atoms with Crippen LogP contribution in [0.5, 0.6) is 0 Å². The van der Waals surface area contributed by atoms with Crippen LogP contribution in [0.3, 0.4) is 0 Å². The number of halogens is 1. The van der Waals surface area contributed by atoms with Crippen molar-refractivity contribution in [1.29, 1.82) is 0 Å². The molecule has 1 aliphatic rings. The van der Waals surface area contributed by atoms with E-state index in [9.17, 15) is 18.8 Å². The molecular weight excluding hydrogens is 409 g/mol. The summed E-state index contributed by atoms with van der Waals surface area (Å²) in [5, 5.41) is 5.83. The fraction of sp³-hybridized carbons (Fsp3) is 0.400. The van der Waals surface area contributed by atoms with Gasteiger partial charge in [0.05, 0.1) is 0 Å². The smallest absolute Gasteiger partial charge is 0.253 e. The Hall–Kier alpha value is -3.22. The molecule has 2 aromatic carbocycles. The highest BCUT2D eigenvalue weighted by Crippen LogP contribution is 2.23. The Bertz CT molecular complexity index is 953. The number of benzene rings is 2. The first-order valence-electron chi connectivity index (χ1n) is 11.1. The minimum atomic E-state index is -0.670. The second-order valence-corrected chi connectivity index (χ2v) is 8.19. The zero-order chi connectivity index (χ0) is 23.1. The average molecular weight is 440 g/mol. The Morgan fingerprint density at radius 2 is 1.72 bits per heavy atom. The van der Waals surface area contributed by atoms with Gasteiger partial charge in [-0.05, 0) is 68.0 Å². The number of aryl methyl sites for hydroxylation is 1. The predicted octanol–water partition coefficient (Wildman–Crippen LogP) is 3.31. The molecule has 3 rings (SSSR count). The van der Waals surface area contributed by atoms with Gasteiger partial charge in [-0.3, -0.25) is 14.4 Å². The lowest BCUT2D eigenvalue weighted by Crippen LogP contribution is -2.54. The van der Waals surface area contributed by atoms with Crippen molar-refractivity contribution in [3.05, 3.63) is 71.0 Å². The molecule has 170 valence electrons. The average Bonchev–Trinajstić information content (AvgIpc) is 2.81. The summed E-state index contributed by atoms with van der Waals surface area (Å²) in [5.41, 5.74) is 1.83. The predicted molar refractivity (Wildman–Crippen MR) is 121 cm³/mol. The quantitative estimate of drug-likeness (QED) is 0.695. The second-order valence-electron chi connectivity index (χ2n) is 8.19. The van der Waals surface area contributed by atoms with Crippen LogP contribution in [0.15, 0.2) is 48.5 Å². The van der Waals surface area contributed by atoms with Crippen LogP contribution in [0.2, 0.25) is 0 Å². The van der Waals surface area contributed by atoms with E-state index in [0.717, 1.165) is 12.0 Å². The summed E-state index contributed by atoms with van der Waals surface area (Å²) in [7, 11) is 0. The lowest BCUT2D eigenvalue weighted by molar-refractivity contribution is -0.124. The van der Waals surface area contributed by atoms with Gasteiger partial charge >= 0.3 is 0 Å². The van der Waals surface area contributed by atoms with E-state index < -0.39 is 6.04 Å². The number of piperidine rings is 1. The Morgan fingerprint density at radius 1 is 1.06 bits per heavy atom. The molecule has 3 amide bonds. The summed E-state index contributed by atoms with van der Waals surface area (Å²) in [4.78, 5) is 40.2. The third-order valence-electron chi connectivity index (χ3n) is 5.90. The first-order chi connectivity index (χ1) is 15.4. The van der Waals surface area contributed by atoms with Crippen molar-refractivity contribution in [2.24, 2.45) is 5.92 Å². The van der Waals surface area contributed by atoms with Gasteiger partial charge in [0.2, 0.25) is 5.91 Å². The SMILES string of the molecule is CCCNC(=O)[C@@H](NC(=O)c1ccccc1C)C1CCN(C(=O)c2ccc(F)cc2)CC1. The van der Waals surface area contributed by atoms with E-state index >= 15 is 0 Å². The molecule has 0 saturated carbocycles. The van der Waals surface area contributed by atoms with Crippen molar-refractivity contribution >= 4 is 17.7 Å². The summed E-state index contributed by atoms with van der Waals surface area (Å²) in [5.74, 6) is -1.09. The monoisotopic (exact) mass is 439 g/mol. The summed E-state index contributed by atoms with van der Waals surface area (Å²) < 4.78 is 13.2. The Labute approximate surface area is 188 Å². The van der Waals surface area contributed by atoms with Gasteiger partial charge in [0, 0.05) is 30.8 Å². The molecule has 2 N–H and O–H groups in total. The molecule has 32 heavy (non-hydrogen) atoms. The van der Waals surface area contributed by atoms with Crippen molar-refractivity contribution in [3.8, 4) is 0 Å². The molecule has 0 unspecified atom stereocenters. The van der Waals surface area contributed by atoms with Gasteiger partial charge in [0.1, 0.15) is 11.9 Å². The van der Waals surface area contributed by atoms with Gasteiger partial charge < -0.3 is 15.5 Å². The molecule has 6 nitrogen and oxygen atoms in total. The Balaban J connectivity index is 1.68. The number of amides is 3. The zero-order valence-electron chi connectivity index (χ0n) is 18.6. The van der Waals surface area contributed by atoms with Crippen LogP contribution in [-0.4, -0.2) is 48.3 Å². The van der Waals surface area contributed by atoms with Gasteiger partial charge in [-0.15, -0.1) is 0 Å². The first-order valence-corrected chi connectivity index (χ1v) is 11.1. The molecule has 0 spiro atoms. The van der Waals surface area contributed by atoms with Crippen LogP contribution in [0.25, 0.3) is 0 Å². The molecule has 0 bridgehead atoms. The summed E-state index contributed by atoms with van der Waals surface area (Å²) >= 11 is 0. The molecule has 2 aromatic rings. The van der Waals surface area contributed by atoms with Crippen LogP contribution >= 0.6 is 0 Å². The topological polar surface area (TPSA) is 78.5 Å². The molecule has 1 aliphatic heterocycles. The molecule has 1 saturated heterocycles. The van der Waals surface area contributed by atoms with Crippen molar-refractivity contribution in [2.75, 3.05) is 19.6 Å². The maximum absolute atomic E-state index is 13.2. The number of hydrogen-bond acceptors (Lipinski definition) is 3. The van der Waals surface area contributed by atoms with E-state index in [0.29, 0.717) is 43.6 Å². The maximum atomic E-state index is 13.2. The number of nitrogens with zero attached hydrogens (tertiary/aromatic N) is 1. The molecule has 0 aliphatic carbocycles. The normalized spacial score (nSPS) is 15.2.